The molecule has 0 aliphatic carbocycles. The van der Waals surface area contributed by atoms with Crippen LogP contribution in [0.5, 0.6) is 0 Å². The minimum atomic E-state index is -0.225. The van der Waals surface area contributed by atoms with Gasteiger partial charge in [-0.1, -0.05) is 0 Å². The predicted molar refractivity (Wildman–Crippen MR) is 73.0 cm³/mol. The number of aryl methyl sites for hydroxylation is 1. The van der Waals surface area contributed by atoms with Gasteiger partial charge in [-0.2, -0.15) is 5.10 Å². The summed E-state index contributed by atoms with van der Waals surface area (Å²) in [7, 11) is 0. The molecular formula is C10H10IN5O2. The molecule has 94 valence electrons. The van der Waals surface area contributed by atoms with Crippen molar-refractivity contribution in [1.82, 2.24) is 25.1 Å². The van der Waals surface area contributed by atoms with Gasteiger partial charge < -0.3 is 10.3 Å². The summed E-state index contributed by atoms with van der Waals surface area (Å²) in [6.07, 6.45) is 2.86. The van der Waals surface area contributed by atoms with Crippen LogP contribution >= 0.6 is 22.6 Å². The van der Waals surface area contributed by atoms with E-state index in [1.165, 1.54) is 23.4 Å². The van der Waals surface area contributed by atoms with Gasteiger partial charge in [0, 0.05) is 34.4 Å². The van der Waals surface area contributed by atoms with Gasteiger partial charge in [-0.05, 0) is 6.92 Å². The van der Waals surface area contributed by atoms with E-state index in [4.69, 9.17) is 0 Å². The van der Waals surface area contributed by atoms with E-state index in [9.17, 15) is 9.59 Å². The van der Waals surface area contributed by atoms with Gasteiger partial charge >= 0.3 is 0 Å². The van der Waals surface area contributed by atoms with Crippen molar-refractivity contribution in [2.24, 2.45) is 0 Å². The Morgan fingerprint density at radius 3 is 3.00 bits per heavy atom. The topological polar surface area (TPSA) is 92.7 Å². The maximum Gasteiger partial charge on any atom is 0.280 e. The van der Waals surface area contributed by atoms with Gasteiger partial charge in [0.25, 0.3) is 3.91 Å². The molecule has 0 fully saturated rings. The second-order valence-electron chi connectivity index (χ2n) is 3.61. The van der Waals surface area contributed by atoms with Gasteiger partial charge in [0.05, 0.1) is 12.1 Å². The van der Waals surface area contributed by atoms with E-state index in [1.54, 1.807) is 29.5 Å². The first kappa shape index (κ1) is 12.7. The van der Waals surface area contributed by atoms with Crippen LogP contribution in [0.2, 0.25) is 0 Å². The number of carbonyl (C=O) groups is 1. The molecule has 7 nitrogen and oxygen atoms in total. The molecule has 0 bridgehead atoms. The average molecular weight is 359 g/mol. The summed E-state index contributed by atoms with van der Waals surface area (Å²) in [5.74, 6) is 0.516. The molecule has 0 aliphatic heterocycles. The van der Waals surface area contributed by atoms with E-state index >= 15 is 0 Å². The highest BCUT2D eigenvalue weighted by Gasteiger charge is 2.11. The Labute approximate surface area is 116 Å². The van der Waals surface area contributed by atoms with Crippen molar-refractivity contribution in [1.29, 1.82) is 0 Å². The highest BCUT2D eigenvalue weighted by atomic mass is 127. The van der Waals surface area contributed by atoms with Crippen molar-refractivity contribution in [3.8, 4) is 5.82 Å². The number of rotatable bonds is 3. The molecular weight excluding hydrogens is 349 g/mol. The fourth-order valence-corrected chi connectivity index (χ4v) is 1.74. The number of aromatic nitrogens is 4. The molecule has 2 rings (SSSR count). The summed E-state index contributed by atoms with van der Waals surface area (Å²) >= 11 is 1.62. The van der Waals surface area contributed by atoms with E-state index in [0.717, 1.165) is 5.69 Å². The molecule has 0 radical (unpaired) electrons. The number of halogens is 1. The molecule has 2 N–H and O–H groups in total. The van der Waals surface area contributed by atoms with Crippen molar-refractivity contribution >= 4 is 26.5 Å². The molecule has 2 aromatic rings. The Bertz CT molecular complexity index is 620. The van der Waals surface area contributed by atoms with Gasteiger partial charge in [0.2, 0.25) is 0 Å². The highest BCUT2D eigenvalue weighted by Crippen LogP contribution is 2.07. The molecule has 1 amide bonds. The van der Waals surface area contributed by atoms with Crippen LogP contribution in [0.15, 0.2) is 23.5 Å². The number of hydrogen-bond donors (Lipinski definition) is 2. The summed E-state index contributed by atoms with van der Waals surface area (Å²) < 4.78 is 1.24. The van der Waals surface area contributed by atoms with E-state index in [0.29, 0.717) is 11.4 Å². The Hall–Kier alpha value is -1.71. The van der Waals surface area contributed by atoms with Gasteiger partial charge in [-0.3, -0.25) is 9.59 Å². The first-order chi connectivity index (χ1) is 8.58. The van der Waals surface area contributed by atoms with Crippen molar-refractivity contribution in [3.63, 3.8) is 0 Å². The van der Waals surface area contributed by atoms with E-state index in [-0.39, 0.29) is 15.9 Å². The zero-order valence-electron chi connectivity index (χ0n) is 9.48. The maximum atomic E-state index is 11.9. The predicted octanol–water partition coefficient (Wildman–Crippen LogP) is 0.909. The first-order valence-electron chi connectivity index (χ1n) is 5.09. The van der Waals surface area contributed by atoms with Crippen LogP contribution in [0.25, 0.3) is 5.82 Å². The normalized spacial score (nSPS) is 10.3. The average Bonchev–Trinajstić information content (AvgIpc) is 2.79. The quantitative estimate of drug-likeness (QED) is 0.484. The minimum Gasteiger partial charge on any atom is -0.343 e. The van der Waals surface area contributed by atoms with Crippen LogP contribution in [0.3, 0.4) is 0 Å². The van der Waals surface area contributed by atoms with Crippen LogP contribution < -0.4 is 10.7 Å². The summed E-state index contributed by atoms with van der Waals surface area (Å²) in [4.78, 5) is 29.7. The number of hydrogen-bond acceptors (Lipinski definition) is 4. The first-order valence-corrected chi connectivity index (χ1v) is 6.17. The van der Waals surface area contributed by atoms with Crippen LogP contribution in [0.4, 0.5) is 4.79 Å². The lowest BCUT2D eigenvalue weighted by atomic mass is 10.2. The van der Waals surface area contributed by atoms with Crippen LogP contribution in [0.1, 0.15) is 11.3 Å². The third-order valence-corrected chi connectivity index (χ3v) is 2.68. The monoisotopic (exact) mass is 359 g/mol. The number of nitrogens with zero attached hydrogens (tertiary/aromatic N) is 3. The van der Waals surface area contributed by atoms with E-state index in [2.05, 4.69) is 20.4 Å². The standard InChI is InChI=1S/C10H10IN5O2/c1-6-2-8(17)7(3-13-10(11)18)9(15-6)16-5-12-4-14-16/h2,4-5H,3H2,1H3,(H,13,18)(H,15,17). The molecule has 2 heterocycles. The summed E-state index contributed by atoms with van der Waals surface area (Å²) in [5.41, 5.74) is 1.01. The largest absolute Gasteiger partial charge is 0.343 e. The van der Waals surface area contributed by atoms with Crippen molar-refractivity contribution < 1.29 is 4.79 Å². The molecule has 0 saturated heterocycles. The third-order valence-electron chi connectivity index (χ3n) is 2.30. The second kappa shape index (κ2) is 5.29. The fraction of sp³-hybridized carbons (Fsp3) is 0.200. The molecule has 0 spiro atoms. The zero-order valence-corrected chi connectivity index (χ0v) is 11.6. The van der Waals surface area contributed by atoms with Crippen molar-refractivity contribution in [3.05, 3.63) is 40.2 Å². The Kier molecular flexibility index (Phi) is 3.75. The summed E-state index contributed by atoms with van der Waals surface area (Å²) in [5, 5.41) is 6.57. The molecule has 0 unspecified atom stereocenters. The molecule has 0 aliphatic rings. The van der Waals surface area contributed by atoms with Crippen LogP contribution in [0, 0.1) is 6.92 Å². The van der Waals surface area contributed by atoms with Gasteiger partial charge in [0.15, 0.2) is 5.43 Å². The third kappa shape index (κ3) is 2.75. The number of carbonyl (C=O) groups excluding carboxylic acids is 1. The maximum absolute atomic E-state index is 11.9. The summed E-state index contributed by atoms with van der Waals surface area (Å²) in [6, 6.07) is 1.48. The van der Waals surface area contributed by atoms with Gasteiger partial charge in [0.1, 0.15) is 18.5 Å². The smallest absolute Gasteiger partial charge is 0.280 e. The molecule has 18 heavy (non-hydrogen) atoms. The summed E-state index contributed by atoms with van der Waals surface area (Å²) in [6.45, 7) is 1.93. The number of nitrogens with one attached hydrogen (secondary N) is 2. The molecule has 0 atom stereocenters. The Morgan fingerprint density at radius 1 is 1.61 bits per heavy atom. The van der Waals surface area contributed by atoms with Crippen LogP contribution in [-0.2, 0) is 6.54 Å². The SMILES string of the molecule is Cc1cc(=O)c(CNC(=O)I)c(-n2cncn2)[nH]1. The second-order valence-corrected chi connectivity index (χ2v) is 4.59. The molecule has 8 heteroatoms. The minimum absolute atomic E-state index is 0.145. The number of pyridine rings is 1. The Balaban J connectivity index is 2.49. The lowest BCUT2D eigenvalue weighted by Crippen LogP contribution is -2.24. The van der Waals surface area contributed by atoms with Gasteiger partial charge in [-0.25, -0.2) is 9.67 Å². The lowest BCUT2D eigenvalue weighted by Gasteiger charge is -2.09. The molecule has 0 saturated carbocycles. The number of amides is 1. The van der Waals surface area contributed by atoms with Gasteiger partial charge in [-0.15, -0.1) is 0 Å². The highest BCUT2D eigenvalue weighted by molar-refractivity contribution is 14.1. The van der Waals surface area contributed by atoms with Crippen molar-refractivity contribution in [2.45, 2.75) is 13.5 Å². The lowest BCUT2D eigenvalue weighted by molar-refractivity contribution is 0.262. The molecule has 0 aromatic carbocycles. The van der Waals surface area contributed by atoms with E-state index < -0.39 is 0 Å². The Morgan fingerprint density at radius 2 is 2.39 bits per heavy atom. The van der Waals surface area contributed by atoms with E-state index in [1.807, 2.05) is 0 Å². The van der Waals surface area contributed by atoms with Crippen LogP contribution in [-0.4, -0.2) is 23.7 Å². The number of aromatic amines is 1. The molecule has 2 aromatic heterocycles. The fourth-order valence-electron chi connectivity index (χ4n) is 1.55. The van der Waals surface area contributed by atoms with Crippen molar-refractivity contribution in [2.75, 3.05) is 0 Å². The number of H-pyrrole nitrogens is 1. The zero-order chi connectivity index (χ0) is 13.1.